The minimum atomic E-state index is -0.184. The predicted molar refractivity (Wildman–Crippen MR) is 194 cm³/mol. The summed E-state index contributed by atoms with van der Waals surface area (Å²) in [5.41, 5.74) is 14.4. The van der Waals surface area contributed by atoms with E-state index in [-0.39, 0.29) is 16.7 Å². The van der Waals surface area contributed by atoms with Crippen LogP contribution in [0.1, 0.15) is 83.7 Å². The highest BCUT2D eigenvalue weighted by Crippen LogP contribution is 2.53. The minimum Gasteiger partial charge on any atom is -0.310 e. The first-order valence-corrected chi connectivity index (χ1v) is 16.5. The van der Waals surface area contributed by atoms with Gasteiger partial charge >= 0.3 is 0 Å². The van der Waals surface area contributed by atoms with Crippen LogP contribution in [0.3, 0.4) is 0 Å². The molecule has 0 fully saturated rings. The lowest BCUT2D eigenvalue weighted by atomic mass is 9.64. The summed E-state index contributed by atoms with van der Waals surface area (Å²) < 4.78 is 0. The molecule has 0 spiro atoms. The third kappa shape index (κ3) is 4.40. The van der Waals surface area contributed by atoms with Gasteiger partial charge in [0.2, 0.25) is 0 Å². The van der Waals surface area contributed by atoms with Crippen LogP contribution in [0, 0.1) is 22.7 Å². The second-order valence-corrected chi connectivity index (χ2v) is 14.1. The van der Waals surface area contributed by atoms with Gasteiger partial charge < -0.3 is 4.90 Å². The van der Waals surface area contributed by atoms with Crippen molar-refractivity contribution in [3.63, 3.8) is 0 Å². The SMILES string of the molecule is CC1(C)c2ccccc2C(c2cc(C#N)cc(-c3cc(C#N)cc(N4c5ccccc5C(C)(C)c5ccccc54)c3)c2)c2ccccc21. The first kappa shape index (κ1) is 29.5. The van der Waals surface area contributed by atoms with Crippen LogP contribution >= 0.6 is 0 Å². The number of hydrogen-bond acceptors (Lipinski definition) is 3. The number of hydrogen-bond donors (Lipinski definition) is 0. The number of benzene rings is 6. The Morgan fingerprint density at radius 2 is 0.938 bits per heavy atom. The third-order valence-electron chi connectivity index (χ3n) is 10.6. The van der Waals surface area contributed by atoms with E-state index in [1.54, 1.807) is 0 Å². The largest absolute Gasteiger partial charge is 0.310 e. The van der Waals surface area contributed by atoms with Crippen molar-refractivity contribution in [1.82, 2.24) is 0 Å². The van der Waals surface area contributed by atoms with Gasteiger partial charge in [-0.2, -0.15) is 10.5 Å². The Hall–Kier alpha value is -5.90. The summed E-state index contributed by atoms with van der Waals surface area (Å²) in [6.45, 7) is 9.14. The molecule has 1 aliphatic carbocycles. The van der Waals surface area contributed by atoms with E-state index in [0.717, 1.165) is 33.8 Å². The number of anilines is 3. The van der Waals surface area contributed by atoms with E-state index in [9.17, 15) is 10.5 Å². The average Bonchev–Trinajstić information content (AvgIpc) is 3.12. The Labute approximate surface area is 283 Å². The number of nitriles is 2. The molecule has 1 aliphatic heterocycles. The number of nitrogens with zero attached hydrogens (tertiary/aromatic N) is 3. The molecule has 3 nitrogen and oxygen atoms in total. The molecule has 6 aromatic rings. The summed E-state index contributed by atoms with van der Waals surface area (Å²) in [4.78, 5) is 2.28. The Bertz CT molecular complexity index is 2080. The van der Waals surface area contributed by atoms with Gasteiger partial charge in [-0.3, -0.25) is 0 Å². The minimum absolute atomic E-state index is 0.0285. The summed E-state index contributed by atoms with van der Waals surface area (Å²) in [7, 11) is 0. The highest BCUT2D eigenvalue weighted by molar-refractivity contribution is 5.88. The van der Waals surface area contributed by atoms with Crippen LogP contribution in [0.5, 0.6) is 0 Å². The molecule has 8 rings (SSSR count). The monoisotopic (exact) mass is 617 g/mol. The fourth-order valence-electron chi connectivity index (χ4n) is 8.28. The fraction of sp³-hybridized carbons (Fsp3) is 0.156. The van der Waals surface area contributed by atoms with Gasteiger partial charge in [0, 0.05) is 22.4 Å². The van der Waals surface area contributed by atoms with Crippen molar-refractivity contribution in [3.8, 4) is 23.3 Å². The van der Waals surface area contributed by atoms with Gasteiger partial charge in [0.1, 0.15) is 0 Å². The highest BCUT2D eigenvalue weighted by Gasteiger charge is 2.39. The fourth-order valence-corrected chi connectivity index (χ4v) is 8.28. The van der Waals surface area contributed by atoms with Crippen molar-refractivity contribution in [1.29, 1.82) is 10.5 Å². The molecule has 1 heterocycles. The van der Waals surface area contributed by atoms with E-state index >= 15 is 0 Å². The van der Waals surface area contributed by atoms with Crippen molar-refractivity contribution in [2.75, 3.05) is 4.90 Å². The maximum Gasteiger partial charge on any atom is 0.0992 e. The summed E-state index contributed by atoms with van der Waals surface area (Å²) in [6.07, 6.45) is 0. The van der Waals surface area contributed by atoms with E-state index in [1.807, 2.05) is 24.3 Å². The summed E-state index contributed by atoms with van der Waals surface area (Å²) in [6, 6.07) is 51.7. The van der Waals surface area contributed by atoms with Crippen molar-refractivity contribution < 1.29 is 0 Å². The van der Waals surface area contributed by atoms with E-state index in [0.29, 0.717) is 11.1 Å². The lowest BCUT2D eigenvalue weighted by Crippen LogP contribution is -2.30. The second kappa shape index (κ2) is 10.8. The van der Waals surface area contributed by atoms with Crippen molar-refractivity contribution in [2.45, 2.75) is 44.4 Å². The van der Waals surface area contributed by atoms with Gasteiger partial charge in [0.25, 0.3) is 0 Å². The summed E-state index contributed by atoms with van der Waals surface area (Å²) in [5.74, 6) is -0.0285. The normalized spacial score (nSPS) is 15.2. The molecule has 0 bridgehead atoms. The maximum atomic E-state index is 10.3. The van der Waals surface area contributed by atoms with Gasteiger partial charge in [-0.1, -0.05) is 119 Å². The lowest BCUT2D eigenvalue weighted by Gasteiger charge is -2.42. The molecule has 6 aromatic carbocycles. The molecule has 230 valence electrons. The van der Waals surface area contributed by atoms with E-state index in [1.165, 1.54) is 33.4 Å². The molecule has 0 aromatic heterocycles. The zero-order chi connectivity index (χ0) is 33.2. The average molecular weight is 618 g/mol. The van der Waals surface area contributed by atoms with Gasteiger partial charge in [-0.25, -0.2) is 0 Å². The standard InChI is InChI=1S/C45H35N3/c1-44(2)37-15-7-5-13-35(37)43(36-14-6-8-16-38(36)44)33-23-29(27-46)21-31(25-33)32-22-30(28-47)24-34(26-32)48-41-19-11-9-17-39(41)45(3,4)40-18-10-12-20-42(40)48/h5-26,43H,1-4H3. The van der Waals surface area contributed by atoms with Gasteiger partial charge in [-0.05, 0) is 92.5 Å². The summed E-state index contributed by atoms with van der Waals surface area (Å²) in [5, 5.41) is 20.6. The number of fused-ring (bicyclic) bond motifs is 4. The smallest absolute Gasteiger partial charge is 0.0992 e. The lowest BCUT2D eigenvalue weighted by molar-refractivity contribution is 0.597. The van der Waals surface area contributed by atoms with Crippen LogP contribution in [-0.4, -0.2) is 0 Å². The maximum absolute atomic E-state index is 10.3. The Morgan fingerprint density at radius 3 is 1.48 bits per heavy atom. The third-order valence-corrected chi connectivity index (χ3v) is 10.6. The van der Waals surface area contributed by atoms with Crippen molar-refractivity contribution in [2.24, 2.45) is 0 Å². The molecule has 0 atom stereocenters. The van der Waals surface area contributed by atoms with E-state index < -0.39 is 0 Å². The topological polar surface area (TPSA) is 50.8 Å². The molecular formula is C45H35N3. The van der Waals surface area contributed by atoms with E-state index in [2.05, 4.69) is 154 Å². The predicted octanol–water partition coefficient (Wildman–Crippen LogP) is 11.0. The molecule has 0 saturated carbocycles. The van der Waals surface area contributed by atoms with E-state index in [4.69, 9.17) is 0 Å². The van der Waals surface area contributed by atoms with Crippen LogP contribution < -0.4 is 4.90 Å². The molecule has 3 heteroatoms. The van der Waals surface area contributed by atoms with Crippen molar-refractivity contribution in [3.05, 3.63) is 184 Å². The van der Waals surface area contributed by atoms with Crippen LogP contribution in [0.2, 0.25) is 0 Å². The molecule has 0 unspecified atom stereocenters. The first-order chi connectivity index (χ1) is 23.2. The van der Waals surface area contributed by atoms with Crippen molar-refractivity contribution >= 4 is 17.1 Å². The van der Waals surface area contributed by atoms with Crippen LogP contribution in [0.25, 0.3) is 11.1 Å². The second-order valence-electron chi connectivity index (χ2n) is 14.1. The Balaban J connectivity index is 1.34. The number of rotatable bonds is 3. The highest BCUT2D eigenvalue weighted by atomic mass is 15.2. The van der Waals surface area contributed by atoms with Gasteiger partial charge in [0.05, 0.1) is 34.6 Å². The molecule has 0 radical (unpaired) electrons. The zero-order valence-corrected chi connectivity index (χ0v) is 27.6. The zero-order valence-electron chi connectivity index (χ0n) is 27.6. The molecule has 0 amide bonds. The molecule has 2 aliphatic rings. The van der Waals surface area contributed by atoms with Gasteiger partial charge in [0.15, 0.2) is 0 Å². The summed E-state index contributed by atoms with van der Waals surface area (Å²) >= 11 is 0. The Morgan fingerprint density at radius 1 is 0.500 bits per heavy atom. The molecule has 0 saturated heterocycles. The number of para-hydroxylation sites is 2. The molecular weight excluding hydrogens is 583 g/mol. The van der Waals surface area contributed by atoms with Gasteiger partial charge in [-0.15, -0.1) is 0 Å². The van der Waals surface area contributed by atoms with Crippen LogP contribution in [-0.2, 0) is 10.8 Å². The molecule has 48 heavy (non-hydrogen) atoms. The van der Waals surface area contributed by atoms with Crippen LogP contribution in [0.15, 0.2) is 133 Å². The molecule has 0 N–H and O–H groups in total. The van der Waals surface area contributed by atoms with Crippen LogP contribution in [0.4, 0.5) is 17.1 Å². The quantitative estimate of drug-likeness (QED) is 0.198. The Kier molecular flexibility index (Phi) is 6.66. The first-order valence-electron chi connectivity index (χ1n) is 16.5.